The fourth-order valence-corrected chi connectivity index (χ4v) is 3.20. The molecule has 0 saturated heterocycles. The molecule has 0 amide bonds. The van der Waals surface area contributed by atoms with E-state index >= 15 is 0 Å². The Kier molecular flexibility index (Phi) is 3.72. The van der Waals surface area contributed by atoms with Crippen molar-refractivity contribution in [2.75, 3.05) is 0 Å². The predicted octanol–water partition coefficient (Wildman–Crippen LogP) is 2.92. The fourth-order valence-electron chi connectivity index (χ4n) is 2.19. The van der Waals surface area contributed by atoms with Crippen molar-refractivity contribution in [2.45, 2.75) is 25.3 Å². The SMILES string of the molecule is Cc1nc(CNS(=O)(=O)c2ccc3ccccc3c2)oc1C. The van der Waals surface area contributed by atoms with E-state index in [9.17, 15) is 8.42 Å². The van der Waals surface area contributed by atoms with Gasteiger partial charge in [0.25, 0.3) is 0 Å². The third-order valence-electron chi connectivity index (χ3n) is 3.52. The highest BCUT2D eigenvalue weighted by Gasteiger charge is 2.16. The van der Waals surface area contributed by atoms with Gasteiger partial charge in [-0.05, 0) is 36.8 Å². The number of rotatable bonds is 4. The summed E-state index contributed by atoms with van der Waals surface area (Å²) < 4.78 is 32.6. The van der Waals surface area contributed by atoms with Crippen LogP contribution in [0.25, 0.3) is 10.8 Å². The molecule has 0 atom stereocenters. The number of benzene rings is 2. The molecule has 1 aromatic heterocycles. The molecular weight excluding hydrogens is 300 g/mol. The van der Waals surface area contributed by atoms with E-state index < -0.39 is 10.0 Å². The van der Waals surface area contributed by atoms with Crippen molar-refractivity contribution < 1.29 is 12.8 Å². The van der Waals surface area contributed by atoms with E-state index in [0.29, 0.717) is 11.7 Å². The number of hydrogen-bond acceptors (Lipinski definition) is 4. The van der Waals surface area contributed by atoms with Gasteiger partial charge in [-0.2, -0.15) is 0 Å². The van der Waals surface area contributed by atoms with Gasteiger partial charge in [0.05, 0.1) is 17.1 Å². The lowest BCUT2D eigenvalue weighted by Gasteiger charge is -2.06. The van der Waals surface area contributed by atoms with Gasteiger partial charge < -0.3 is 4.42 Å². The second kappa shape index (κ2) is 5.55. The molecule has 0 spiro atoms. The lowest BCUT2D eigenvalue weighted by atomic mass is 10.1. The Bertz CT molecular complexity index is 910. The van der Waals surface area contributed by atoms with Crippen LogP contribution in [0.1, 0.15) is 17.3 Å². The summed E-state index contributed by atoms with van der Waals surface area (Å²) >= 11 is 0. The average Bonchev–Trinajstić information content (AvgIpc) is 2.83. The van der Waals surface area contributed by atoms with E-state index in [1.54, 1.807) is 25.1 Å². The first-order valence-electron chi connectivity index (χ1n) is 6.87. The van der Waals surface area contributed by atoms with E-state index in [0.717, 1.165) is 16.5 Å². The molecule has 1 N–H and O–H groups in total. The number of nitrogens with one attached hydrogen (secondary N) is 1. The van der Waals surface area contributed by atoms with Gasteiger partial charge in [-0.15, -0.1) is 0 Å². The molecule has 0 aliphatic rings. The Morgan fingerprint density at radius 2 is 1.82 bits per heavy atom. The highest BCUT2D eigenvalue weighted by molar-refractivity contribution is 7.89. The summed E-state index contributed by atoms with van der Waals surface area (Å²) in [6, 6.07) is 12.7. The van der Waals surface area contributed by atoms with E-state index in [-0.39, 0.29) is 11.4 Å². The summed E-state index contributed by atoms with van der Waals surface area (Å²) in [5.41, 5.74) is 0.764. The van der Waals surface area contributed by atoms with Gasteiger partial charge in [-0.3, -0.25) is 0 Å². The first-order valence-corrected chi connectivity index (χ1v) is 8.35. The highest BCUT2D eigenvalue weighted by atomic mass is 32.2. The molecule has 6 heteroatoms. The maximum atomic E-state index is 12.4. The molecule has 0 radical (unpaired) electrons. The van der Waals surface area contributed by atoms with E-state index in [1.165, 1.54) is 0 Å². The number of sulfonamides is 1. The number of hydrogen-bond donors (Lipinski definition) is 1. The van der Waals surface area contributed by atoms with E-state index in [1.807, 2.05) is 31.2 Å². The minimum atomic E-state index is -3.60. The van der Waals surface area contributed by atoms with Crippen LogP contribution in [0.5, 0.6) is 0 Å². The third kappa shape index (κ3) is 2.88. The summed E-state index contributed by atoms with van der Waals surface area (Å²) in [6.07, 6.45) is 0. The average molecular weight is 316 g/mol. The van der Waals surface area contributed by atoms with Crippen molar-refractivity contribution in [3.05, 3.63) is 59.8 Å². The Hall–Kier alpha value is -2.18. The minimum absolute atomic E-state index is 0.0316. The topological polar surface area (TPSA) is 72.2 Å². The van der Waals surface area contributed by atoms with Crippen LogP contribution in [-0.2, 0) is 16.6 Å². The van der Waals surface area contributed by atoms with Gasteiger partial charge in [-0.25, -0.2) is 18.1 Å². The van der Waals surface area contributed by atoms with E-state index in [4.69, 9.17) is 4.42 Å². The largest absolute Gasteiger partial charge is 0.444 e. The van der Waals surface area contributed by atoms with Gasteiger partial charge in [0.2, 0.25) is 15.9 Å². The van der Waals surface area contributed by atoms with Crippen molar-refractivity contribution >= 4 is 20.8 Å². The lowest BCUT2D eigenvalue weighted by molar-refractivity contribution is 0.463. The number of nitrogens with zero attached hydrogens (tertiary/aromatic N) is 1. The summed E-state index contributed by atoms with van der Waals surface area (Å²) in [4.78, 5) is 4.39. The quantitative estimate of drug-likeness (QED) is 0.803. The molecule has 0 saturated carbocycles. The molecule has 0 aliphatic carbocycles. The van der Waals surface area contributed by atoms with Crippen LogP contribution in [-0.4, -0.2) is 13.4 Å². The molecule has 0 unspecified atom stereocenters. The predicted molar refractivity (Wildman–Crippen MR) is 84.0 cm³/mol. The van der Waals surface area contributed by atoms with Crippen molar-refractivity contribution in [1.82, 2.24) is 9.71 Å². The molecule has 3 rings (SSSR count). The highest BCUT2D eigenvalue weighted by Crippen LogP contribution is 2.19. The molecule has 0 fully saturated rings. The van der Waals surface area contributed by atoms with Gasteiger partial charge >= 0.3 is 0 Å². The fraction of sp³-hybridized carbons (Fsp3) is 0.188. The van der Waals surface area contributed by atoms with Gasteiger partial charge in [-0.1, -0.05) is 30.3 Å². The number of fused-ring (bicyclic) bond motifs is 1. The Balaban J connectivity index is 1.84. The first kappa shape index (κ1) is 14.7. The van der Waals surface area contributed by atoms with Crippen LogP contribution >= 0.6 is 0 Å². The van der Waals surface area contributed by atoms with Gasteiger partial charge in [0.1, 0.15) is 5.76 Å². The molecule has 5 nitrogen and oxygen atoms in total. The summed E-state index contributed by atoms with van der Waals surface area (Å²) in [6.45, 7) is 3.65. The van der Waals surface area contributed by atoms with Crippen molar-refractivity contribution in [3.63, 3.8) is 0 Å². The maximum absolute atomic E-state index is 12.4. The summed E-state index contributed by atoms with van der Waals surface area (Å²) in [7, 11) is -3.60. The van der Waals surface area contributed by atoms with Crippen LogP contribution in [0.3, 0.4) is 0 Å². The summed E-state index contributed by atoms with van der Waals surface area (Å²) in [5, 5.41) is 1.88. The van der Waals surface area contributed by atoms with Crippen molar-refractivity contribution in [1.29, 1.82) is 0 Å². The Morgan fingerprint density at radius 1 is 1.09 bits per heavy atom. The van der Waals surface area contributed by atoms with Crippen LogP contribution in [0.2, 0.25) is 0 Å². The van der Waals surface area contributed by atoms with Crippen molar-refractivity contribution in [3.8, 4) is 0 Å². The second-order valence-electron chi connectivity index (χ2n) is 5.08. The van der Waals surface area contributed by atoms with Gasteiger partial charge in [0.15, 0.2) is 0 Å². The maximum Gasteiger partial charge on any atom is 0.241 e. The molecule has 3 aromatic rings. The lowest BCUT2D eigenvalue weighted by Crippen LogP contribution is -2.23. The van der Waals surface area contributed by atoms with Crippen LogP contribution in [0, 0.1) is 13.8 Å². The van der Waals surface area contributed by atoms with Crippen LogP contribution in [0.4, 0.5) is 0 Å². The molecule has 114 valence electrons. The molecule has 2 aromatic carbocycles. The standard InChI is InChI=1S/C16H16N2O3S/c1-11-12(2)21-16(18-11)10-17-22(19,20)15-8-7-13-5-3-4-6-14(13)9-15/h3-9,17H,10H2,1-2H3. The van der Waals surface area contributed by atoms with Crippen LogP contribution in [0.15, 0.2) is 51.8 Å². The Labute approximate surface area is 129 Å². The summed E-state index contributed by atoms with van der Waals surface area (Å²) in [5.74, 6) is 1.05. The van der Waals surface area contributed by atoms with Crippen LogP contribution < -0.4 is 4.72 Å². The molecule has 0 aliphatic heterocycles. The van der Waals surface area contributed by atoms with Gasteiger partial charge in [0, 0.05) is 0 Å². The zero-order valence-electron chi connectivity index (χ0n) is 12.3. The number of aryl methyl sites for hydroxylation is 2. The van der Waals surface area contributed by atoms with E-state index in [2.05, 4.69) is 9.71 Å². The van der Waals surface area contributed by atoms with Crippen molar-refractivity contribution in [2.24, 2.45) is 0 Å². The molecular formula is C16H16N2O3S. The zero-order valence-corrected chi connectivity index (χ0v) is 13.1. The smallest absolute Gasteiger partial charge is 0.241 e. The zero-order chi connectivity index (χ0) is 15.7. The first-order chi connectivity index (χ1) is 10.5. The number of oxazole rings is 1. The molecule has 1 heterocycles. The Morgan fingerprint density at radius 3 is 2.50 bits per heavy atom. The molecule has 22 heavy (non-hydrogen) atoms. The normalized spacial score (nSPS) is 11.9. The monoisotopic (exact) mass is 316 g/mol. The molecule has 0 bridgehead atoms. The minimum Gasteiger partial charge on any atom is -0.444 e. The third-order valence-corrected chi connectivity index (χ3v) is 4.92. The second-order valence-corrected chi connectivity index (χ2v) is 6.85. The number of aromatic nitrogens is 1.